The molecule has 0 radical (unpaired) electrons. The normalized spacial score (nSPS) is 18.3. The molecule has 1 saturated heterocycles. The van der Waals surface area contributed by atoms with Crippen molar-refractivity contribution in [3.8, 4) is 0 Å². The average Bonchev–Trinajstić information content (AvgIpc) is 2.92. The highest BCUT2D eigenvalue weighted by Gasteiger charge is 2.24. The van der Waals surface area contributed by atoms with Crippen molar-refractivity contribution in [3.05, 3.63) is 35.4 Å². The molecule has 1 aliphatic heterocycles. The molecule has 1 aromatic carbocycles. The van der Waals surface area contributed by atoms with Gasteiger partial charge in [-0.3, -0.25) is 4.79 Å². The molecule has 19 heavy (non-hydrogen) atoms. The second-order valence-corrected chi connectivity index (χ2v) is 5.81. The van der Waals surface area contributed by atoms with Gasteiger partial charge < -0.3 is 10.0 Å². The van der Waals surface area contributed by atoms with Gasteiger partial charge >= 0.3 is 5.97 Å². The van der Waals surface area contributed by atoms with E-state index in [2.05, 4.69) is 0 Å². The number of carboxylic acids is 1. The van der Waals surface area contributed by atoms with Gasteiger partial charge in [0, 0.05) is 18.8 Å². The number of aromatic carboxylic acids is 1. The van der Waals surface area contributed by atoms with E-state index in [1.54, 1.807) is 23.1 Å². The number of hydrogen-bond acceptors (Lipinski definition) is 3. The molecule has 4 nitrogen and oxygen atoms in total. The highest BCUT2D eigenvalue weighted by molar-refractivity contribution is 7.99. The molecule has 1 aliphatic rings. The second kappa shape index (κ2) is 6.10. The van der Waals surface area contributed by atoms with Gasteiger partial charge in [-0.15, -0.1) is 0 Å². The van der Waals surface area contributed by atoms with Crippen LogP contribution in [-0.2, 0) is 11.2 Å². The molecule has 1 heterocycles. The number of likely N-dealkylation sites (N-methyl/N-ethyl adjacent to an activating group) is 1. The Hall–Kier alpha value is -1.49. The highest BCUT2D eigenvalue weighted by atomic mass is 32.2. The Balaban J connectivity index is 2.08. The zero-order valence-corrected chi connectivity index (χ0v) is 11.7. The second-order valence-electron chi connectivity index (χ2n) is 4.66. The van der Waals surface area contributed by atoms with Gasteiger partial charge in [0.15, 0.2) is 0 Å². The van der Waals surface area contributed by atoms with E-state index in [0.717, 1.165) is 17.9 Å². The van der Waals surface area contributed by atoms with Gasteiger partial charge in [0.1, 0.15) is 0 Å². The summed E-state index contributed by atoms with van der Waals surface area (Å²) in [6.45, 7) is 0. The van der Waals surface area contributed by atoms with E-state index in [9.17, 15) is 9.59 Å². The minimum atomic E-state index is -0.984. The summed E-state index contributed by atoms with van der Waals surface area (Å²) in [6.07, 6.45) is 1.17. The van der Waals surface area contributed by atoms with Gasteiger partial charge in [0.25, 0.3) is 0 Å². The van der Waals surface area contributed by atoms with E-state index >= 15 is 0 Å². The first-order valence-corrected chi connectivity index (χ1v) is 7.39. The fourth-order valence-electron chi connectivity index (χ4n) is 2.20. The summed E-state index contributed by atoms with van der Waals surface area (Å²) in [4.78, 5) is 25.1. The van der Waals surface area contributed by atoms with Crippen LogP contribution in [-0.4, -0.2) is 46.5 Å². The number of thioether (sulfide) groups is 1. The minimum Gasteiger partial charge on any atom is -0.478 e. The number of amides is 1. The lowest BCUT2D eigenvalue weighted by molar-refractivity contribution is -0.130. The zero-order valence-electron chi connectivity index (χ0n) is 10.8. The van der Waals surface area contributed by atoms with Crippen molar-refractivity contribution in [2.45, 2.75) is 18.9 Å². The van der Waals surface area contributed by atoms with Gasteiger partial charge in [-0.05, 0) is 23.8 Å². The standard InChI is InChI=1S/C14H17NO3S/c1-15(11-6-7-19-9-11)13(16)8-10-4-2-3-5-12(10)14(17)18/h2-5,11H,6-9H2,1H3,(H,17,18). The highest BCUT2D eigenvalue weighted by Crippen LogP contribution is 2.22. The summed E-state index contributed by atoms with van der Waals surface area (Å²) in [6, 6.07) is 6.97. The molecule has 1 unspecified atom stereocenters. The van der Waals surface area contributed by atoms with Crippen LogP contribution >= 0.6 is 11.8 Å². The summed E-state index contributed by atoms with van der Waals surface area (Å²) in [5, 5.41) is 9.10. The predicted octanol–water partition coefficient (Wildman–Crippen LogP) is 1.89. The average molecular weight is 279 g/mol. The van der Waals surface area contributed by atoms with Crippen LogP contribution in [0.4, 0.5) is 0 Å². The maximum absolute atomic E-state index is 12.2. The van der Waals surface area contributed by atoms with E-state index in [0.29, 0.717) is 5.56 Å². The molecule has 0 aliphatic carbocycles. The quantitative estimate of drug-likeness (QED) is 0.914. The number of carbonyl (C=O) groups excluding carboxylic acids is 1. The Kier molecular flexibility index (Phi) is 4.47. The summed E-state index contributed by atoms with van der Waals surface area (Å²) in [5.41, 5.74) is 0.794. The van der Waals surface area contributed by atoms with E-state index in [4.69, 9.17) is 5.11 Å². The molecule has 0 bridgehead atoms. The molecule has 1 amide bonds. The number of benzene rings is 1. The van der Waals surface area contributed by atoms with Gasteiger partial charge in [-0.2, -0.15) is 11.8 Å². The van der Waals surface area contributed by atoms with Crippen LogP contribution in [0.1, 0.15) is 22.3 Å². The van der Waals surface area contributed by atoms with Crippen molar-refractivity contribution in [2.24, 2.45) is 0 Å². The van der Waals surface area contributed by atoms with Crippen LogP contribution in [0.15, 0.2) is 24.3 Å². The molecule has 1 fully saturated rings. The number of hydrogen-bond donors (Lipinski definition) is 1. The fourth-order valence-corrected chi connectivity index (χ4v) is 3.47. The Morgan fingerprint density at radius 2 is 2.16 bits per heavy atom. The Morgan fingerprint density at radius 1 is 1.42 bits per heavy atom. The molecule has 1 atom stereocenters. The number of carboxylic acid groups (broad SMARTS) is 1. The minimum absolute atomic E-state index is 0.0128. The molecule has 0 spiro atoms. The van der Waals surface area contributed by atoms with Crippen molar-refractivity contribution in [1.82, 2.24) is 4.90 Å². The maximum Gasteiger partial charge on any atom is 0.335 e. The van der Waals surface area contributed by atoms with Crippen molar-refractivity contribution in [1.29, 1.82) is 0 Å². The number of carbonyl (C=O) groups is 2. The Morgan fingerprint density at radius 3 is 2.79 bits per heavy atom. The molecule has 0 aromatic heterocycles. The maximum atomic E-state index is 12.2. The van der Waals surface area contributed by atoms with Crippen LogP contribution in [0.25, 0.3) is 0 Å². The molecular formula is C14H17NO3S. The van der Waals surface area contributed by atoms with Crippen molar-refractivity contribution >= 4 is 23.6 Å². The van der Waals surface area contributed by atoms with Crippen LogP contribution in [0, 0.1) is 0 Å². The summed E-state index contributed by atoms with van der Waals surface area (Å²) in [5.74, 6) is 1.07. The first-order chi connectivity index (χ1) is 9.09. The summed E-state index contributed by atoms with van der Waals surface area (Å²) < 4.78 is 0. The molecule has 102 valence electrons. The van der Waals surface area contributed by atoms with Crippen LogP contribution < -0.4 is 0 Å². The van der Waals surface area contributed by atoms with Crippen molar-refractivity contribution < 1.29 is 14.7 Å². The lowest BCUT2D eigenvalue weighted by Crippen LogP contribution is -2.38. The van der Waals surface area contributed by atoms with E-state index in [1.165, 1.54) is 6.07 Å². The number of rotatable bonds is 4. The Labute approximate surface area is 116 Å². The van der Waals surface area contributed by atoms with Crippen LogP contribution in [0.3, 0.4) is 0 Å². The van der Waals surface area contributed by atoms with Gasteiger partial charge in [-0.25, -0.2) is 4.79 Å². The predicted molar refractivity (Wildman–Crippen MR) is 75.6 cm³/mol. The molecule has 1 N–H and O–H groups in total. The molecular weight excluding hydrogens is 262 g/mol. The third-order valence-electron chi connectivity index (χ3n) is 3.44. The van der Waals surface area contributed by atoms with E-state index < -0.39 is 5.97 Å². The van der Waals surface area contributed by atoms with Gasteiger partial charge in [0.05, 0.1) is 12.0 Å². The first-order valence-electron chi connectivity index (χ1n) is 6.24. The molecule has 1 aromatic rings. The fraction of sp³-hybridized carbons (Fsp3) is 0.429. The summed E-state index contributed by atoms with van der Waals surface area (Å²) >= 11 is 1.85. The Bertz CT molecular complexity index is 483. The van der Waals surface area contributed by atoms with Crippen LogP contribution in [0.5, 0.6) is 0 Å². The third kappa shape index (κ3) is 3.29. The largest absolute Gasteiger partial charge is 0.478 e. The molecule has 5 heteroatoms. The lowest BCUT2D eigenvalue weighted by Gasteiger charge is -2.24. The zero-order chi connectivity index (χ0) is 13.8. The van der Waals surface area contributed by atoms with Gasteiger partial charge in [0.2, 0.25) is 5.91 Å². The molecule has 2 rings (SSSR count). The van der Waals surface area contributed by atoms with Crippen molar-refractivity contribution in [3.63, 3.8) is 0 Å². The smallest absolute Gasteiger partial charge is 0.335 e. The summed E-state index contributed by atoms with van der Waals surface area (Å²) in [7, 11) is 1.81. The first kappa shape index (κ1) is 13.9. The third-order valence-corrected chi connectivity index (χ3v) is 4.58. The van der Waals surface area contributed by atoms with E-state index in [-0.39, 0.29) is 23.9 Å². The monoisotopic (exact) mass is 279 g/mol. The van der Waals surface area contributed by atoms with E-state index in [1.807, 2.05) is 18.8 Å². The molecule has 0 saturated carbocycles. The SMILES string of the molecule is CN(C(=O)Cc1ccccc1C(=O)O)C1CCSC1. The van der Waals surface area contributed by atoms with Crippen molar-refractivity contribution in [2.75, 3.05) is 18.6 Å². The topological polar surface area (TPSA) is 57.6 Å². The van der Waals surface area contributed by atoms with Gasteiger partial charge in [-0.1, -0.05) is 18.2 Å². The number of nitrogens with zero attached hydrogens (tertiary/aromatic N) is 1. The lowest BCUT2D eigenvalue weighted by atomic mass is 10.0. The van der Waals surface area contributed by atoms with Crippen LogP contribution in [0.2, 0.25) is 0 Å².